The Morgan fingerprint density at radius 2 is 1.97 bits per heavy atom. The van der Waals surface area contributed by atoms with E-state index in [1.54, 1.807) is 35.0 Å². The highest BCUT2D eigenvalue weighted by Crippen LogP contribution is 2.25. The molecule has 0 aliphatic rings. The van der Waals surface area contributed by atoms with Crippen molar-refractivity contribution < 1.29 is 18.5 Å². The van der Waals surface area contributed by atoms with Gasteiger partial charge in [-0.1, -0.05) is 23.4 Å². The Labute approximate surface area is 181 Å². The molecule has 11 heteroatoms. The second kappa shape index (κ2) is 9.16. The van der Waals surface area contributed by atoms with Crippen molar-refractivity contribution in [2.75, 3.05) is 5.32 Å². The number of primary amides is 1. The van der Waals surface area contributed by atoms with Gasteiger partial charge in [-0.2, -0.15) is 5.10 Å². The zero-order chi connectivity index (χ0) is 22.5. The Morgan fingerprint density at radius 1 is 1.12 bits per heavy atom. The fraction of sp³-hybridized carbons (Fsp3) is 0.143. The van der Waals surface area contributed by atoms with Crippen LogP contribution in [0.4, 0.5) is 10.2 Å². The highest BCUT2D eigenvalue weighted by molar-refractivity contribution is 5.92. The van der Waals surface area contributed by atoms with E-state index in [0.29, 0.717) is 22.6 Å². The van der Waals surface area contributed by atoms with Crippen LogP contribution in [0.3, 0.4) is 0 Å². The smallest absolute Gasteiger partial charge is 0.226 e. The molecule has 3 aromatic heterocycles. The van der Waals surface area contributed by atoms with Crippen LogP contribution in [0, 0.1) is 5.82 Å². The lowest BCUT2D eigenvalue weighted by Gasteiger charge is -2.06. The fourth-order valence-corrected chi connectivity index (χ4v) is 2.98. The molecule has 0 saturated heterocycles. The van der Waals surface area contributed by atoms with Crippen molar-refractivity contribution in [3.63, 3.8) is 0 Å². The van der Waals surface area contributed by atoms with E-state index in [-0.39, 0.29) is 36.8 Å². The Bertz CT molecular complexity index is 1250. The third-order valence-electron chi connectivity index (χ3n) is 4.51. The molecule has 0 saturated carbocycles. The van der Waals surface area contributed by atoms with E-state index in [4.69, 9.17) is 10.3 Å². The molecule has 0 bridgehead atoms. The first-order valence-electron chi connectivity index (χ1n) is 9.63. The normalized spacial score (nSPS) is 10.8. The largest absolute Gasteiger partial charge is 0.370 e. The number of rotatable bonds is 8. The van der Waals surface area contributed by atoms with Gasteiger partial charge in [-0.15, -0.1) is 0 Å². The number of benzene rings is 1. The SMILES string of the molecule is NC(=O)CCC(=O)Nc1ccnc(-c2cc(-c3ccon3)n(Cc3ccccc3F)n2)n1. The van der Waals surface area contributed by atoms with Gasteiger partial charge < -0.3 is 15.6 Å². The molecule has 0 atom stereocenters. The number of amides is 2. The molecule has 0 radical (unpaired) electrons. The topological polar surface area (TPSA) is 142 Å². The second-order valence-electron chi connectivity index (χ2n) is 6.83. The van der Waals surface area contributed by atoms with Gasteiger partial charge in [0, 0.05) is 30.7 Å². The fourth-order valence-electron chi connectivity index (χ4n) is 2.98. The van der Waals surface area contributed by atoms with E-state index < -0.39 is 11.8 Å². The molecule has 4 rings (SSSR count). The molecule has 0 fully saturated rings. The molecule has 0 aliphatic carbocycles. The Hall–Kier alpha value is -4.41. The number of carbonyl (C=O) groups is 2. The Kier molecular flexibility index (Phi) is 5.97. The average Bonchev–Trinajstić information content (AvgIpc) is 3.44. The van der Waals surface area contributed by atoms with Crippen molar-refractivity contribution in [1.82, 2.24) is 24.9 Å². The predicted molar refractivity (Wildman–Crippen MR) is 111 cm³/mol. The van der Waals surface area contributed by atoms with Crippen molar-refractivity contribution >= 4 is 17.6 Å². The number of carbonyl (C=O) groups excluding carboxylic acids is 2. The molecule has 4 aromatic rings. The number of nitrogens with two attached hydrogens (primary N) is 1. The summed E-state index contributed by atoms with van der Waals surface area (Å²) >= 11 is 0. The summed E-state index contributed by atoms with van der Waals surface area (Å²) in [5, 5.41) is 11.1. The van der Waals surface area contributed by atoms with Gasteiger partial charge in [-0.3, -0.25) is 14.3 Å². The number of halogens is 1. The lowest BCUT2D eigenvalue weighted by Crippen LogP contribution is -2.17. The van der Waals surface area contributed by atoms with Gasteiger partial charge in [0.05, 0.1) is 12.2 Å². The predicted octanol–water partition coefficient (Wildman–Crippen LogP) is 2.39. The van der Waals surface area contributed by atoms with Crippen molar-refractivity contribution in [3.8, 4) is 22.9 Å². The summed E-state index contributed by atoms with van der Waals surface area (Å²) in [6.07, 6.45) is 2.78. The standard InChI is InChI=1S/C21H18FN7O3/c22-14-4-2-1-3-13(14)12-29-17(15-8-10-32-28-15)11-16(27-29)21-24-9-7-19(26-21)25-20(31)6-5-18(23)30/h1-4,7-11H,5-6,12H2,(H2,23,30)(H,24,25,26,31). The zero-order valence-corrected chi connectivity index (χ0v) is 16.7. The van der Waals surface area contributed by atoms with Crippen molar-refractivity contribution in [1.29, 1.82) is 0 Å². The molecular weight excluding hydrogens is 417 g/mol. The molecule has 162 valence electrons. The number of hydrogen-bond acceptors (Lipinski definition) is 7. The molecule has 3 heterocycles. The molecular formula is C21H18FN7O3. The van der Waals surface area contributed by atoms with E-state index in [1.165, 1.54) is 24.6 Å². The summed E-state index contributed by atoms with van der Waals surface area (Å²) in [4.78, 5) is 31.3. The van der Waals surface area contributed by atoms with Gasteiger partial charge in [-0.25, -0.2) is 14.4 Å². The summed E-state index contributed by atoms with van der Waals surface area (Å²) in [6.45, 7) is 0.151. The molecule has 0 aliphatic heterocycles. The highest BCUT2D eigenvalue weighted by atomic mass is 19.1. The van der Waals surface area contributed by atoms with Gasteiger partial charge in [0.1, 0.15) is 29.3 Å². The minimum Gasteiger partial charge on any atom is -0.370 e. The van der Waals surface area contributed by atoms with E-state index in [9.17, 15) is 14.0 Å². The molecule has 32 heavy (non-hydrogen) atoms. The minimum absolute atomic E-state index is 0.0533. The Balaban J connectivity index is 1.63. The van der Waals surface area contributed by atoms with E-state index in [0.717, 1.165) is 0 Å². The van der Waals surface area contributed by atoms with Gasteiger partial charge >= 0.3 is 0 Å². The number of nitrogens with zero attached hydrogens (tertiary/aromatic N) is 5. The summed E-state index contributed by atoms with van der Waals surface area (Å²) in [5.74, 6) is -0.829. The minimum atomic E-state index is -0.565. The number of hydrogen-bond donors (Lipinski definition) is 2. The first-order chi connectivity index (χ1) is 15.5. The third kappa shape index (κ3) is 4.83. The highest BCUT2D eigenvalue weighted by Gasteiger charge is 2.17. The summed E-state index contributed by atoms with van der Waals surface area (Å²) in [7, 11) is 0. The number of aromatic nitrogens is 5. The molecule has 3 N–H and O–H groups in total. The average molecular weight is 435 g/mol. The maximum absolute atomic E-state index is 14.2. The summed E-state index contributed by atoms with van der Waals surface area (Å²) in [5.41, 5.74) is 7.00. The van der Waals surface area contributed by atoms with E-state index >= 15 is 0 Å². The number of anilines is 1. The van der Waals surface area contributed by atoms with Crippen LogP contribution in [0.25, 0.3) is 22.9 Å². The van der Waals surface area contributed by atoms with Gasteiger partial charge in [0.15, 0.2) is 5.82 Å². The first-order valence-corrected chi connectivity index (χ1v) is 9.63. The van der Waals surface area contributed by atoms with Crippen LogP contribution >= 0.6 is 0 Å². The summed E-state index contributed by atoms with van der Waals surface area (Å²) in [6, 6.07) is 11.3. The van der Waals surface area contributed by atoms with Crippen LogP contribution in [0.2, 0.25) is 0 Å². The molecule has 10 nitrogen and oxygen atoms in total. The maximum atomic E-state index is 14.2. The molecule has 1 aromatic carbocycles. The summed E-state index contributed by atoms with van der Waals surface area (Å²) < 4.78 is 20.7. The third-order valence-corrected chi connectivity index (χ3v) is 4.51. The van der Waals surface area contributed by atoms with Gasteiger partial charge in [0.25, 0.3) is 0 Å². The monoisotopic (exact) mass is 435 g/mol. The van der Waals surface area contributed by atoms with Crippen LogP contribution in [0.15, 0.2) is 59.4 Å². The Morgan fingerprint density at radius 3 is 2.72 bits per heavy atom. The van der Waals surface area contributed by atoms with Crippen LogP contribution in [0.1, 0.15) is 18.4 Å². The van der Waals surface area contributed by atoms with E-state index in [2.05, 4.69) is 25.5 Å². The van der Waals surface area contributed by atoms with Crippen molar-refractivity contribution in [3.05, 3.63) is 66.3 Å². The van der Waals surface area contributed by atoms with Gasteiger partial charge in [0.2, 0.25) is 11.8 Å². The van der Waals surface area contributed by atoms with Crippen LogP contribution in [0.5, 0.6) is 0 Å². The number of nitrogens with one attached hydrogen (secondary N) is 1. The zero-order valence-electron chi connectivity index (χ0n) is 16.7. The maximum Gasteiger partial charge on any atom is 0.226 e. The van der Waals surface area contributed by atoms with Crippen molar-refractivity contribution in [2.24, 2.45) is 5.73 Å². The first kappa shape index (κ1) is 20.8. The lowest BCUT2D eigenvalue weighted by molar-refractivity contribution is -0.122. The molecule has 0 unspecified atom stereocenters. The van der Waals surface area contributed by atoms with Crippen LogP contribution in [-0.2, 0) is 16.1 Å². The van der Waals surface area contributed by atoms with Crippen LogP contribution in [-0.4, -0.2) is 36.7 Å². The lowest BCUT2D eigenvalue weighted by atomic mass is 10.2. The van der Waals surface area contributed by atoms with Crippen molar-refractivity contribution in [2.45, 2.75) is 19.4 Å². The quantitative estimate of drug-likeness (QED) is 0.433. The molecule has 0 spiro atoms. The second-order valence-corrected chi connectivity index (χ2v) is 6.83. The van der Waals surface area contributed by atoms with Crippen LogP contribution < -0.4 is 11.1 Å². The van der Waals surface area contributed by atoms with Gasteiger partial charge in [-0.05, 0) is 18.2 Å². The van der Waals surface area contributed by atoms with E-state index in [1.807, 2.05) is 0 Å². The molecule has 2 amide bonds.